The second-order valence-electron chi connectivity index (χ2n) is 15.6. The van der Waals surface area contributed by atoms with E-state index in [0.717, 1.165) is 45.1 Å². The van der Waals surface area contributed by atoms with E-state index in [9.17, 15) is 16.8 Å². The van der Waals surface area contributed by atoms with Crippen LogP contribution in [0.2, 0.25) is 0 Å². The number of aliphatic hydroxyl groups excluding tert-OH is 2. The molecule has 0 aliphatic heterocycles. The Balaban J connectivity index is 0.000000492. The van der Waals surface area contributed by atoms with Crippen LogP contribution in [0.15, 0.2) is 94.7 Å². The van der Waals surface area contributed by atoms with Crippen molar-refractivity contribution in [2.75, 3.05) is 156 Å². The average molecular weight is 1020 g/mol. The van der Waals surface area contributed by atoms with Crippen molar-refractivity contribution in [2.45, 2.75) is 37.5 Å². The number of benzene rings is 4. The van der Waals surface area contributed by atoms with Gasteiger partial charge in [-0.2, -0.15) is 16.8 Å². The number of aryl methyl sites for hydroxylation is 4. The fourth-order valence-corrected chi connectivity index (χ4v) is 8.21. The molecule has 70 heavy (non-hydrogen) atoms. The van der Waals surface area contributed by atoms with E-state index in [4.69, 9.17) is 56.5 Å². The Hall–Kier alpha value is -4.42. The number of hydrogen-bond acceptors (Lipinski definition) is 18. The first-order valence-electron chi connectivity index (χ1n) is 23.1. The van der Waals surface area contributed by atoms with Gasteiger partial charge in [0.15, 0.2) is 0 Å². The first kappa shape index (κ1) is 59.9. The van der Waals surface area contributed by atoms with Gasteiger partial charge in [-0.05, 0) is 87.4 Å². The molecular weight excluding hydrogens is 949 g/mol. The molecule has 0 saturated carbocycles. The van der Waals surface area contributed by atoms with Crippen LogP contribution in [0.5, 0.6) is 11.5 Å². The lowest BCUT2D eigenvalue weighted by molar-refractivity contribution is 0.0354. The van der Waals surface area contributed by atoms with Crippen molar-refractivity contribution in [3.63, 3.8) is 0 Å². The lowest BCUT2D eigenvalue weighted by Crippen LogP contribution is -2.32. The van der Waals surface area contributed by atoms with Gasteiger partial charge in [0.25, 0.3) is 20.2 Å². The van der Waals surface area contributed by atoms with Crippen molar-refractivity contribution in [1.29, 1.82) is 0 Å². The summed E-state index contributed by atoms with van der Waals surface area (Å²) >= 11 is 0. The van der Waals surface area contributed by atoms with Crippen LogP contribution < -0.4 is 19.3 Å². The Bertz CT molecular complexity index is 2140. The Morgan fingerprint density at radius 3 is 0.986 bits per heavy atom. The Labute approximate surface area is 415 Å². The zero-order chi connectivity index (χ0) is 51.0. The molecule has 4 rings (SSSR count). The molecule has 2 N–H and O–H groups in total. The molecule has 20 heteroatoms. The van der Waals surface area contributed by atoms with Gasteiger partial charge in [-0.15, -0.1) is 0 Å². The molecule has 0 spiro atoms. The van der Waals surface area contributed by atoms with E-state index >= 15 is 0 Å². The number of ether oxygens (including phenoxy) is 8. The van der Waals surface area contributed by atoms with Crippen LogP contribution in [-0.4, -0.2) is 173 Å². The molecule has 0 fully saturated rings. The van der Waals surface area contributed by atoms with Crippen molar-refractivity contribution in [3.05, 3.63) is 107 Å². The molecule has 0 saturated heterocycles. The van der Waals surface area contributed by atoms with Gasteiger partial charge >= 0.3 is 0 Å². The minimum absolute atomic E-state index is 0.0212. The van der Waals surface area contributed by atoms with Crippen molar-refractivity contribution in [3.8, 4) is 11.5 Å². The standard InChI is InChI=1S/C34H47NO11S2.C16H27NO5/c1-28-5-10-31(11-6-28)47(36,37)45-25-23-43-21-19-41-17-15-35(33-27-30(3)9-14-34(33)40-4)16-18-42-20-22-44-24-26-46-48(38,39)32-12-7-29(2)8-13-32;1-14-3-4-16(20-2)15(13-14)17(5-9-21-11-7-18)6-10-22-12-8-19/h5-14,27H,15-26H2,1-4H3;3-4,13,18-19H,5-12H2,1-2H3. The van der Waals surface area contributed by atoms with Gasteiger partial charge in [0.05, 0.1) is 141 Å². The summed E-state index contributed by atoms with van der Waals surface area (Å²) in [5.41, 5.74) is 6.05. The van der Waals surface area contributed by atoms with E-state index in [1.165, 1.54) is 24.3 Å². The van der Waals surface area contributed by atoms with E-state index in [1.54, 1.807) is 38.5 Å². The number of methoxy groups -OCH3 is 2. The highest BCUT2D eigenvalue weighted by molar-refractivity contribution is 7.87. The van der Waals surface area contributed by atoms with Crippen LogP contribution in [0, 0.1) is 27.7 Å². The molecule has 4 aromatic rings. The highest BCUT2D eigenvalue weighted by Crippen LogP contribution is 2.30. The molecule has 0 amide bonds. The maximum atomic E-state index is 12.3. The highest BCUT2D eigenvalue weighted by atomic mass is 32.2. The van der Waals surface area contributed by atoms with Gasteiger partial charge in [-0.1, -0.05) is 47.5 Å². The van der Waals surface area contributed by atoms with Crippen LogP contribution in [0.1, 0.15) is 22.3 Å². The van der Waals surface area contributed by atoms with Crippen molar-refractivity contribution < 1.29 is 73.3 Å². The normalized spacial score (nSPS) is 11.5. The predicted molar refractivity (Wildman–Crippen MR) is 268 cm³/mol. The molecule has 4 aromatic carbocycles. The highest BCUT2D eigenvalue weighted by Gasteiger charge is 2.17. The second kappa shape index (κ2) is 34.0. The van der Waals surface area contributed by atoms with Crippen molar-refractivity contribution in [1.82, 2.24) is 0 Å². The van der Waals surface area contributed by atoms with Crippen LogP contribution in [0.3, 0.4) is 0 Å². The SMILES string of the molecule is COc1ccc(C)cc1N(CCOCCO)CCOCCO.COc1ccc(C)cc1N(CCOCCOCCOS(=O)(=O)c1ccc(C)cc1)CCOCCOCCOS(=O)(=O)c1ccc(C)cc1. The van der Waals surface area contributed by atoms with Crippen LogP contribution >= 0.6 is 0 Å². The van der Waals surface area contributed by atoms with Gasteiger partial charge in [-0.3, -0.25) is 8.37 Å². The van der Waals surface area contributed by atoms with Gasteiger partial charge in [0.2, 0.25) is 0 Å². The summed E-state index contributed by atoms with van der Waals surface area (Å²) in [5.74, 6) is 1.53. The lowest BCUT2D eigenvalue weighted by Gasteiger charge is -2.27. The van der Waals surface area contributed by atoms with Crippen LogP contribution in [0.4, 0.5) is 11.4 Å². The molecule has 18 nitrogen and oxygen atoms in total. The van der Waals surface area contributed by atoms with E-state index in [2.05, 4.69) is 15.9 Å². The number of rotatable bonds is 36. The zero-order valence-corrected chi connectivity index (χ0v) is 43.2. The van der Waals surface area contributed by atoms with E-state index in [1.807, 2.05) is 58.0 Å². The maximum absolute atomic E-state index is 12.3. The largest absolute Gasteiger partial charge is 0.495 e. The molecule has 392 valence electrons. The molecule has 0 bridgehead atoms. The molecule has 0 aliphatic carbocycles. The first-order valence-corrected chi connectivity index (χ1v) is 26.0. The molecule has 0 unspecified atom stereocenters. The molecule has 0 heterocycles. The van der Waals surface area contributed by atoms with Gasteiger partial charge in [-0.25, -0.2) is 0 Å². The molecule has 0 radical (unpaired) electrons. The number of nitrogens with zero attached hydrogens (tertiary/aromatic N) is 2. The van der Waals surface area contributed by atoms with Crippen molar-refractivity contribution in [2.24, 2.45) is 0 Å². The minimum atomic E-state index is -3.82. The third-order valence-electron chi connectivity index (χ3n) is 10.1. The summed E-state index contributed by atoms with van der Waals surface area (Å²) in [5, 5.41) is 17.5. The predicted octanol–water partition coefficient (Wildman–Crippen LogP) is 5.13. The molecule has 0 aromatic heterocycles. The van der Waals surface area contributed by atoms with Gasteiger partial charge < -0.3 is 57.9 Å². The topological polar surface area (TPSA) is 208 Å². The Morgan fingerprint density at radius 2 is 0.671 bits per heavy atom. The third kappa shape index (κ3) is 23.2. The van der Waals surface area contributed by atoms with Crippen LogP contribution in [-0.2, 0) is 57.0 Å². The summed E-state index contributed by atoms with van der Waals surface area (Å²) in [6, 6.07) is 24.9. The average Bonchev–Trinajstić information content (AvgIpc) is 3.34. The fraction of sp³-hybridized carbons (Fsp3) is 0.520. The number of aliphatic hydroxyl groups is 2. The van der Waals surface area contributed by atoms with E-state index < -0.39 is 20.2 Å². The smallest absolute Gasteiger partial charge is 0.297 e. The Kier molecular flexibility index (Phi) is 29.1. The van der Waals surface area contributed by atoms with E-state index in [0.29, 0.717) is 79.0 Å². The summed E-state index contributed by atoms with van der Waals surface area (Å²) in [6.45, 7) is 14.1. The molecule has 0 atom stereocenters. The summed E-state index contributed by atoms with van der Waals surface area (Å²) in [7, 11) is -4.37. The monoisotopic (exact) mass is 1020 g/mol. The molecule has 0 aliphatic rings. The summed E-state index contributed by atoms with van der Waals surface area (Å²) < 4.78 is 103. The zero-order valence-electron chi connectivity index (χ0n) is 41.5. The van der Waals surface area contributed by atoms with E-state index in [-0.39, 0.29) is 62.6 Å². The lowest BCUT2D eigenvalue weighted by atomic mass is 10.2. The minimum Gasteiger partial charge on any atom is -0.495 e. The number of anilines is 2. The number of hydrogen-bond donors (Lipinski definition) is 2. The second-order valence-corrected chi connectivity index (χ2v) is 18.9. The summed E-state index contributed by atoms with van der Waals surface area (Å²) in [4.78, 5) is 4.46. The van der Waals surface area contributed by atoms with Gasteiger partial charge in [0.1, 0.15) is 11.5 Å². The van der Waals surface area contributed by atoms with Gasteiger partial charge in [0, 0.05) is 26.2 Å². The molecular formula is C50H74N2O16S2. The summed E-state index contributed by atoms with van der Waals surface area (Å²) in [6.07, 6.45) is 0. The van der Waals surface area contributed by atoms with Crippen LogP contribution in [0.25, 0.3) is 0 Å². The van der Waals surface area contributed by atoms with Crippen molar-refractivity contribution >= 4 is 31.6 Å². The quantitative estimate of drug-likeness (QED) is 0.0447. The first-order chi connectivity index (χ1) is 33.7. The fourth-order valence-electron chi connectivity index (χ4n) is 6.43. The maximum Gasteiger partial charge on any atom is 0.297 e. The third-order valence-corrected chi connectivity index (χ3v) is 12.8. The Morgan fingerprint density at radius 1 is 0.386 bits per heavy atom.